The fourth-order valence-electron chi connectivity index (χ4n) is 2.02. The fraction of sp³-hybridized carbons (Fsp3) is 0.727. The van der Waals surface area contributed by atoms with Gasteiger partial charge in [-0.1, -0.05) is 0 Å². The van der Waals surface area contributed by atoms with Gasteiger partial charge in [0.05, 0.1) is 6.61 Å². The number of aliphatic hydroxyl groups is 1. The lowest BCUT2D eigenvalue weighted by atomic mass is 10.3. The number of nitrogens with two attached hydrogens (primary N) is 1. The van der Waals surface area contributed by atoms with Crippen molar-refractivity contribution in [3.8, 4) is 0 Å². The Bertz CT molecular complexity index is 418. The minimum atomic E-state index is 0.198. The molecule has 0 saturated carbocycles. The molecule has 0 unspecified atom stereocenters. The van der Waals surface area contributed by atoms with Gasteiger partial charge in [-0.2, -0.15) is 15.0 Å². The van der Waals surface area contributed by atoms with Crippen LogP contribution in [0.3, 0.4) is 0 Å². The van der Waals surface area contributed by atoms with E-state index in [2.05, 4.69) is 24.8 Å². The Kier molecular flexibility index (Phi) is 4.33. The van der Waals surface area contributed by atoms with Crippen LogP contribution in [0.4, 0.5) is 17.8 Å². The molecule has 1 saturated heterocycles. The molecule has 0 spiro atoms. The molecule has 106 valence electrons. The van der Waals surface area contributed by atoms with E-state index in [9.17, 15) is 0 Å². The third-order valence-corrected chi connectivity index (χ3v) is 3.10. The number of hydrogen-bond donors (Lipinski definition) is 2. The normalized spacial score (nSPS) is 16.7. The van der Waals surface area contributed by atoms with Crippen molar-refractivity contribution < 1.29 is 5.11 Å². The van der Waals surface area contributed by atoms with Gasteiger partial charge < -0.3 is 20.6 Å². The molecule has 19 heavy (non-hydrogen) atoms. The number of β-amino-alcohol motifs (C(OH)–C–C–N with tert-alkyl or cyclic N) is 1. The van der Waals surface area contributed by atoms with Gasteiger partial charge in [0.1, 0.15) is 0 Å². The summed E-state index contributed by atoms with van der Waals surface area (Å²) in [4.78, 5) is 18.8. The first-order chi connectivity index (χ1) is 9.10. The van der Waals surface area contributed by atoms with Gasteiger partial charge in [0.15, 0.2) is 0 Å². The first kappa shape index (κ1) is 13.8. The molecule has 0 atom stereocenters. The minimum absolute atomic E-state index is 0.198. The zero-order valence-electron chi connectivity index (χ0n) is 11.5. The zero-order valence-corrected chi connectivity index (χ0v) is 11.5. The van der Waals surface area contributed by atoms with Crippen LogP contribution in [0.1, 0.15) is 0 Å². The lowest BCUT2D eigenvalue weighted by molar-refractivity contribution is 0.188. The van der Waals surface area contributed by atoms with Crippen molar-refractivity contribution in [1.29, 1.82) is 0 Å². The summed E-state index contributed by atoms with van der Waals surface area (Å²) < 4.78 is 0. The van der Waals surface area contributed by atoms with E-state index in [1.54, 1.807) is 0 Å². The smallest absolute Gasteiger partial charge is 0.232 e. The number of rotatable bonds is 4. The maximum absolute atomic E-state index is 8.93. The summed E-state index contributed by atoms with van der Waals surface area (Å²) in [7, 11) is 3.75. The van der Waals surface area contributed by atoms with Crippen molar-refractivity contribution in [2.75, 3.05) is 69.0 Å². The predicted molar refractivity (Wildman–Crippen MR) is 74.3 cm³/mol. The van der Waals surface area contributed by atoms with Gasteiger partial charge in [-0.15, -0.1) is 0 Å². The summed E-state index contributed by atoms with van der Waals surface area (Å²) in [6.45, 7) is 4.36. The highest BCUT2D eigenvalue weighted by molar-refractivity contribution is 5.42. The first-order valence-electron chi connectivity index (χ1n) is 6.37. The van der Waals surface area contributed by atoms with Gasteiger partial charge in [-0.25, -0.2) is 0 Å². The largest absolute Gasteiger partial charge is 0.395 e. The molecule has 1 aromatic heterocycles. The molecule has 0 amide bonds. The molecule has 2 rings (SSSR count). The summed E-state index contributed by atoms with van der Waals surface area (Å²) in [5, 5.41) is 8.93. The summed E-state index contributed by atoms with van der Waals surface area (Å²) >= 11 is 0. The van der Waals surface area contributed by atoms with E-state index < -0.39 is 0 Å². The molecular formula is C11H21N7O. The minimum Gasteiger partial charge on any atom is -0.395 e. The SMILES string of the molecule is CN(C)c1nc(N)nc(N2CCN(CCO)CC2)n1. The number of hydrogen-bond acceptors (Lipinski definition) is 8. The number of nitrogens with zero attached hydrogens (tertiary/aromatic N) is 6. The maximum Gasteiger partial charge on any atom is 0.232 e. The number of aromatic nitrogens is 3. The van der Waals surface area contributed by atoms with E-state index in [4.69, 9.17) is 10.8 Å². The van der Waals surface area contributed by atoms with Crippen LogP contribution in [0.25, 0.3) is 0 Å². The van der Waals surface area contributed by atoms with Crippen LogP contribution >= 0.6 is 0 Å². The van der Waals surface area contributed by atoms with Crippen LogP contribution in [0.2, 0.25) is 0 Å². The Hall–Kier alpha value is -1.67. The molecule has 1 aromatic rings. The summed E-state index contributed by atoms with van der Waals surface area (Å²) in [6, 6.07) is 0. The maximum atomic E-state index is 8.93. The second kappa shape index (κ2) is 5.98. The highest BCUT2D eigenvalue weighted by Crippen LogP contribution is 2.15. The molecule has 0 aliphatic carbocycles. The molecule has 3 N–H and O–H groups in total. The Morgan fingerprint density at radius 1 is 1.16 bits per heavy atom. The third kappa shape index (κ3) is 3.42. The van der Waals surface area contributed by atoms with Gasteiger partial charge in [-0.05, 0) is 0 Å². The molecule has 1 aliphatic heterocycles. The van der Waals surface area contributed by atoms with E-state index in [1.165, 1.54) is 0 Å². The van der Waals surface area contributed by atoms with Gasteiger partial charge in [-0.3, -0.25) is 4.90 Å². The van der Waals surface area contributed by atoms with Gasteiger partial charge in [0.2, 0.25) is 17.8 Å². The van der Waals surface area contributed by atoms with Gasteiger partial charge in [0.25, 0.3) is 0 Å². The molecule has 0 aromatic carbocycles. The molecular weight excluding hydrogens is 246 g/mol. The number of piperazine rings is 1. The molecule has 2 heterocycles. The van der Waals surface area contributed by atoms with E-state index in [0.29, 0.717) is 11.9 Å². The molecule has 1 aliphatic rings. The third-order valence-electron chi connectivity index (χ3n) is 3.10. The standard InChI is InChI=1S/C11H21N7O/c1-16(2)10-13-9(12)14-11(15-10)18-5-3-17(4-6-18)7-8-19/h19H,3-8H2,1-2H3,(H2,12,13,14,15). The quantitative estimate of drug-likeness (QED) is 0.690. The van der Waals surface area contributed by atoms with Crippen molar-refractivity contribution in [3.63, 3.8) is 0 Å². The summed E-state index contributed by atoms with van der Waals surface area (Å²) in [6.07, 6.45) is 0. The molecule has 1 fully saturated rings. The van der Waals surface area contributed by atoms with Crippen LogP contribution in [-0.4, -0.2) is 78.4 Å². The summed E-state index contributed by atoms with van der Waals surface area (Å²) in [5.41, 5.74) is 5.72. The van der Waals surface area contributed by atoms with Crippen molar-refractivity contribution in [2.24, 2.45) is 0 Å². The molecule has 0 bridgehead atoms. The summed E-state index contributed by atoms with van der Waals surface area (Å²) in [5.74, 6) is 1.44. The molecule has 0 radical (unpaired) electrons. The number of anilines is 3. The highest BCUT2D eigenvalue weighted by Gasteiger charge is 2.19. The van der Waals surface area contributed by atoms with Crippen LogP contribution < -0.4 is 15.5 Å². The van der Waals surface area contributed by atoms with E-state index >= 15 is 0 Å². The lowest BCUT2D eigenvalue weighted by Gasteiger charge is -2.34. The molecule has 8 nitrogen and oxygen atoms in total. The van der Waals surface area contributed by atoms with Gasteiger partial charge in [0, 0.05) is 46.8 Å². The Morgan fingerprint density at radius 3 is 2.42 bits per heavy atom. The van der Waals surface area contributed by atoms with Crippen LogP contribution in [-0.2, 0) is 0 Å². The Labute approximate surface area is 112 Å². The zero-order chi connectivity index (χ0) is 13.8. The molecule has 8 heteroatoms. The average molecular weight is 267 g/mol. The first-order valence-corrected chi connectivity index (χ1v) is 6.37. The van der Waals surface area contributed by atoms with Crippen LogP contribution in [0.5, 0.6) is 0 Å². The number of aliphatic hydroxyl groups excluding tert-OH is 1. The number of nitrogen functional groups attached to an aromatic ring is 1. The van der Waals surface area contributed by atoms with Gasteiger partial charge >= 0.3 is 0 Å². The lowest BCUT2D eigenvalue weighted by Crippen LogP contribution is -2.47. The fourth-order valence-corrected chi connectivity index (χ4v) is 2.02. The monoisotopic (exact) mass is 267 g/mol. The van der Waals surface area contributed by atoms with Crippen molar-refractivity contribution in [3.05, 3.63) is 0 Å². The Morgan fingerprint density at radius 2 is 1.84 bits per heavy atom. The average Bonchev–Trinajstić information content (AvgIpc) is 2.39. The van der Waals surface area contributed by atoms with Crippen LogP contribution in [0.15, 0.2) is 0 Å². The Balaban J connectivity index is 2.06. The highest BCUT2D eigenvalue weighted by atomic mass is 16.3. The van der Waals surface area contributed by atoms with E-state index in [0.717, 1.165) is 32.7 Å². The van der Waals surface area contributed by atoms with E-state index in [1.807, 2.05) is 19.0 Å². The second-order valence-electron chi connectivity index (χ2n) is 4.74. The van der Waals surface area contributed by atoms with E-state index in [-0.39, 0.29) is 12.6 Å². The predicted octanol–water partition coefficient (Wildman–Crippen LogP) is -1.37. The van der Waals surface area contributed by atoms with Crippen molar-refractivity contribution in [2.45, 2.75) is 0 Å². The van der Waals surface area contributed by atoms with Crippen molar-refractivity contribution >= 4 is 17.8 Å². The van der Waals surface area contributed by atoms with Crippen LogP contribution in [0, 0.1) is 0 Å². The second-order valence-corrected chi connectivity index (χ2v) is 4.74. The van der Waals surface area contributed by atoms with Crippen molar-refractivity contribution in [1.82, 2.24) is 19.9 Å². The topological polar surface area (TPSA) is 94.6 Å².